The average molecular weight is 326 g/mol. The molecule has 0 saturated heterocycles. The summed E-state index contributed by atoms with van der Waals surface area (Å²) in [6.45, 7) is 3.49. The minimum absolute atomic E-state index is 0.177. The first-order chi connectivity index (χ1) is 10.1. The fraction of sp³-hybridized carbons (Fsp3) is 0.357. The molecule has 0 aliphatic heterocycles. The normalized spacial score (nSPS) is 10.5. The Morgan fingerprint density at radius 1 is 1.19 bits per heavy atom. The van der Waals surface area contributed by atoms with E-state index in [9.17, 15) is 0 Å². The Morgan fingerprint density at radius 3 is 2.71 bits per heavy atom. The predicted molar refractivity (Wildman–Crippen MR) is 87.2 cm³/mol. The van der Waals surface area contributed by atoms with Crippen LogP contribution in [0.5, 0.6) is 0 Å². The zero-order chi connectivity index (χ0) is 15.2. The van der Waals surface area contributed by atoms with E-state index in [1.807, 2.05) is 36.2 Å². The van der Waals surface area contributed by atoms with Crippen LogP contribution in [-0.4, -0.2) is 28.5 Å². The van der Waals surface area contributed by atoms with Crippen molar-refractivity contribution >= 4 is 35.1 Å². The number of aromatic nitrogens is 3. The first-order valence-corrected chi connectivity index (χ1v) is 7.45. The van der Waals surface area contributed by atoms with Gasteiger partial charge in [-0.15, -0.1) is 0 Å². The smallest absolute Gasteiger partial charge is 0.231 e. The van der Waals surface area contributed by atoms with Crippen LogP contribution in [0.1, 0.15) is 18.9 Å². The lowest BCUT2D eigenvalue weighted by Crippen LogP contribution is -2.20. The summed E-state index contributed by atoms with van der Waals surface area (Å²) in [4.78, 5) is 14.5. The quantitative estimate of drug-likeness (QED) is 0.878. The second-order valence-corrected chi connectivity index (χ2v) is 5.42. The van der Waals surface area contributed by atoms with E-state index in [-0.39, 0.29) is 5.28 Å². The molecule has 0 saturated carbocycles. The Hall–Kier alpha value is -1.59. The fourth-order valence-corrected chi connectivity index (χ4v) is 2.17. The minimum Gasteiger partial charge on any atom is -0.354 e. The van der Waals surface area contributed by atoms with E-state index in [0.29, 0.717) is 23.5 Å². The molecule has 2 rings (SSSR count). The van der Waals surface area contributed by atoms with Crippen molar-refractivity contribution in [3.05, 3.63) is 40.1 Å². The average Bonchev–Trinajstić information content (AvgIpc) is 2.44. The highest BCUT2D eigenvalue weighted by atomic mass is 35.5. The molecule has 1 N–H and O–H groups in total. The minimum atomic E-state index is 0.177. The molecule has 0 spiro atoms. The van der Waals surface area contributed by atoms with Crippen molar-refractivity contribution < 1.29 is 0 Å². The van der Waals surface area contributed by atoms with Crippen LogP contribution in [0.3, 0.4) is 0 Å². The largest absolute Gasteiger partial charge is 0.354 e. The Morgan fingerprint density at radius 2 is 2.00 bits per heavy atom. The van der Waals surface area contributed by atoms with Crippen LogP contribution in [0.25, 0.3) is 0 Å². The Bertz CT molecular complexity index is 606. The summed E-state index contributed by atoms with van der Waals surface area (Å²) < 4.78 is 0. The van der Waals surface area contributed by atoms with Crippen molar-refractivity contribution in [2.75, 3.05) is 23.8 Å². The van der Waals surface area contributed by atoms with Crippen LogP contribution >= 0.6 is 23.2 Å². The first kappa shape index (κ1) is 15.8. The van der Waals surface area contributed by atoms with E-state index in [1.165, 1.54) is 0 Å². The number of nitrogens with zero attached hydrogens (tertiary/aromatic N) is 4. The number of hydrogen-bond donors (Lipinski definition) is 1. The van der Waals surface area contributed by atoms with Crippen LogP contribution in [0, 0.1) is 0 Å². The van der Waals surface area contributed by atoms with E-state index < -0.39 is 0 Å². The molecule has 0 bridgehead atoms. The highest BCUT2D eigenvalue weighted by Crippen LogP contribution is 2.17. The zero-order valence-electron chi connectivity index (χ0n) is 12.0. The van der Waals surface area contributed by atoms with E-state index in [0.717, 1.165) is 18.5 Å². The third-order valence-electron chi connectivity index (χ3n) is 2.78. The van der Waals surface area contributed by atoms with Crippen molar-refractivity contribution in [3.63, 3.8) is 0 Å². The molecule has 0 fully saturated rings. The second kappa shape index (κ2) is 7.43. The van der Waals surface area contributed by atoms with Gasteiger partial charge in [0, 0.05) is 25.2 Å². The summed E-state index contributed by atoms with van der Waals surface area (Å²) in [6, 6.07) is 7.68. The van der Waals surface area contributed by atoms with Gasteiger partial charge in [0.25, 0.3) is 0 Å². The Kier molecular flexibility index (Phi) is 5.59. The first-order valence-electron chi connectivity index (χ1n) is 6.69. The summed E-state index contributed by atoms with van der Waals surface area (Å²) in [5.41, 5.74) is 1.07. The van der Waals surface area contributed by atoms with Crippen LogP contribution in [0.15, 0.2) is 24.3 Å². The van der Waals surface area contributed by atoms with E-state index in [4.69, 9.17) is 23.2 Å². The van der Waals surface area contributed by atoms with Gasteiger partial charge < -0.3 is 10.2 Å². The summed E-state index contributed by atoms with van der Waals surface area (Å²) in [5.74, 6) is 1.01. The maximum atomic E-state index is 5.99. The molecule has 0 aliphatic rings. The maximum Gasteiger partial charge on any atom is 0.231 e. The summed E-state index contributed by atoms with van der Waals surface area (Å²) >= 11 is 11.9. The number of nitrogens with one attached hydrogen (secondary N) is 1. The molecular formula is C14H17Cl2N5. The van der Waals surface area contributed by atoms with E-state index >= 15 is 0 Å². The third-order valence-corrected chi connectivity index (χ3v) is 3.18. The van der Waals surface area contributed by atoms with Gasteiger partial charge in [-0.05, 0) is 35.7 Å². The van der Waals surface area contributed by atoms with Gasteiger partial charge in [0.05, 0.1) is 0 Å². The van der Waals surface area contributed by atoms with Crippen LogP contribution in [0.4, 0.5) is 11.9 Å². The fourth-order valence-electron chi connectivity index (χ4n) is 1.81. The molecular weight excluding hydrogens is 309 g/mol. The van der Waals surface area contributed by atoms with Gasteiger partial charge in [-0.3, -0.25) is 0 Å². The van der Waals surface area contributed by atoms with Crippen LogP contribution < -0.4 is 10.2 Å². The van der Waals surface area contributed by atoms with Gasteiger partial charge in [0.1, 0.15) is 0 Å². The topological polar surface area (TPSA) is 53.9 Å². The van der Waals surface area contributed by atoms with Crippen molar-refractivity contribution in [1.29, 1.82) is 0 Å². The SMILES string of the molecule is CCCNc1nc(Cl)nc(N(C)Cc2cccc(Cl)c2)n1. The molecule has 2 aromatic rings. The molecule has 0 atom stereocenters. The number of benzene rings is 1. The van der Waals surface area contributed by atoms with Gasteiger partial charge in [-0.25, -0.2) is 0 Å². The summed E-state index contributed by atoms with van der Waals surface area (Å²) in [7, 11) is 1.90. The number of anilines is 2. The summed E-state index contributed by atoms with van der Waals surface area (Å²) in [5, 5.41) is 3.99. The van der Waals surface area contributed by atoms with Gasteiger partial charge >= 0.3 is 0 Å². The van der Waals surface area contributed by atoms with Gasteiger partial charge in [-0.2, -0.15) is 15.0 Å². The lowest BCUT2D eigenvalue weighted by Gasteiger charge is -2.18. The lowest BCUT2D eigenvalue weighted by atomic mass is 10.2. The molecule has 7 heteroatoms. The summed E-state index contributed by atoms with van der Waals surface area (Å²) in [6.07, 6.45) is 0.983. The van der Waals surface area contributed by atoms with Gasteiger partial charge in [-0.1, -0.05) is 30.7 Å². The van der Waals surface area contributed by atoms with Gasteiger partial charge in [0.15, 0.2) is 0 Å². The van der Waals surface area contributed by atoms with Gasteiger partial charge in [0.2, 0.25) is 17.2 Å². The Balaban J connectivity index is 2.14. The van der Waals surface area contributed by atoms with E-state index in [2.05, 4.69) is 27.2 Å². The van der Waals surface area contributed by atoms with E-state index in [1.54, 1.807) is 0 Å². The molecule has 1 aromatic heterocycles. The lowest BCUT2D eigenvalue weighted by molar-refractivity contribution is 0.847. The molecule has 21 heavy (non-hydrogen) atoms. The molecule has 0 aliphatic carbocycles. The van der Waals surface area contributed by atoms with Crippen molar-refractivity contribution in [2.24, 2.45) is 0 Å². The predicted octanol–water partition coefficient (Wildman–Crippen LogP) is 3.64. The maximum absolute atomic E-state index is 5.99. The molecule has 1 heterocycles. The Labute approximate surface area is 134 Å². The molecule has 112 valence electrons. The number of halogens is 2. The number of rotatable bonds is 6. The highest BCUT2D eigenvalue weighted by Gasteiger charge is 2.10. The molecule has 1 aromatic carbocycles. The molecule has 5 nitrogen and oxygen atoms in total. The molecule has 0 amide bonds. The van der Waals surface area contributed by atoms with Crippen molar-refractivity contribution in [1.82, 2.24) is 15.0 Å². The highest BCUT2D eigenvalue weighted by molar-refractivity contribution is 6.30. The second-order valence-electron chi connectivity index (χ2n) is 4.64. The number of hydrogen-bond acceptors (Lipinski definition) is 5. The van der Waals surface area contributed by atoms with Crippen molar-refractivity contribution in [3.8, 4) is 0 Å². The van der Waals surface area contributed by atoms with Crippen LogP contribution in [-0.2, 0) is 6.54 Å². The third kappa shape index (κ3) is 4.72. The van der Waals surface area contributed by atoms with Crippen molar-refractivity contribution in [2.45, 2.75) is 19.9 Å². The van der Waals surface area contributed by atoms with Crippen LogP contribution in [0.2, 0.25) is 10.3 Å². The molecule has 0 unspecified atom stereocenters. The standard InChI is InChI=1S/C14H17Cl2N5/c1-3-7-17-13-18-12(16)19-14(20-13)21(2)9-10-5-4-6-11(15)8-10/h4-6,8H,3,7,9H2,1-2H3,(H,17,18,19,20). The molecule has 0 radical (unpaired) electrons. The zero-order valence-corrected chi connectivity index (χ0v) is 13.5. The monoisotopic (exact) mass is 325 g/mol.